The third-order valence-electron chi connectivity index (χ3n) is 4.29. The highest BCUT2D eigenvalue weighted by atomic mass is 35.5. The lowest BCUT2D eigenvalue weighted by Crippen LogP contribution is -2.19. The van der Waals surface area contributed by atoms with Gasteiger partial charge in [-0.2, -0.15) is 0 Å². The van der Waals surface area contributed by atoms with Crippen LogP contribution >= 0.6 is 23.2 Å². The molecule has 2 aromatic carbocycles. The summed E-state index contributed by atoms with van der Waals surface area (Å²) < 4.78 is 28.3. The Hall–Kier alpha value is -1.96. The first-order valence-corrected chi connectivity index (χ1v) is 10.1. The van der Waals surface area contributed by atoms with E-state index in [4.69, 9.17) is 28.9 Å². The Bertz CT molecular complexity index is 983. The van der Waals surface area contributed by atoms with E-state index in [1.807, 2.05) is 0 Å². The van der Waals surface area contributed by atoms with Gasteiger partial charge < -0.3 is 10.8 Å². The number of nitrogens with one attached hydrogen (secondary N) is 1. The van der Waals surface area contributed by atoms with E-state index in [2.05, 4.69) is 4.72 Å². The fourth-order valence-corrected chi connectivity index (χ4v) is 4.91. The van der Waals surface area contributed by atoms with Crippen LogP contribution in [-0.2, 0) is 22.9 Å². The van der Waals surface area contributed by atoms with Gasteiger partial charge in [0.2, 0.25) is 0 Å². The molecule has 1 aliphatic carbocycles. The van der Waals surface area contributed by atoms with Gasteiger partial charge in [-0.15, -0.1) is 0 Å². The molecule has 1 aliphatic rings. The van der Waals surface area contributed by atoms with Crippen LogP contribution in [0.3, 0.4) is 0 Å². The molecule has 0 amide bonds. The Kier molecular flexibility index (Phi) is 5.05. The molecule has 26 heavy (non-hydrogen) atoms. The highest BCUT2D eigenvalue weighted by Crippen LogP contribution is 2.34. The van der Waals surface area contributed by atoms with E-state index in [0.717, 1.165) is 18.4 Å². The second-order valence-electron chi connectivity index (χ2n) is 6.08. The maximum atomic E-state index is 12.9. The molecular weight excluding hydrogens is 399 g/mol. The van der Waals surface area contributed by atoms with Gasteiger partial charge in [-0.05, 0) is 61.1 Å². The van der Waals surface area contributed by atoms with Crippen molar-refractivity contribution in [3.8, 4) is 0 Å². The third-order valence-corrected chi connectivity index (χ3v) is 6.37. The van der Waals surface area contributed by atoms with Crippen molar-refractivity contribution in [1.29, 1.82) is 0 Å². The number of rotatable bonds is 4. The summed E-state index contributed by atoms with van der Waals surface area (Å²) in [7, 11) is -4.03. The maximum absolute atomic E-state index is 12.9. The maximum Gasteiger partial charge on any atom is 0.335 e. The number of carboxylic acid groups (broad SMARTS) is 1. The minimum Gasteiger partial charge on any atom is -0.478 e. The number of carboxylic acids is 1. The van der Waals surface area contributed by atoms with Crippen LogP contribution in [0.2, 0.25) is 10.0 Å². The van der Waals surface area contributed by atoms with Gasteiger partial charge in [0.05, 0.1) is 31.9 Å². The van der Waals surface area contributed by atoms with E-state index in [9.17, 15) is 18.3 Å². The molecule has 2 aromatic rings. The number of hydrogen-bond acceptors (Lipinski definition) is 4. The zero-order chi connectivity index (χ0) is 19.1. The van der Waals surface area contributed by atoms with Gasteiger partial charge in [0.25, 0.3) is 10.0 Å². The number of aromatic carboxylic acids is 1. The molecule has 0 fully saturated rings. The number of nitrogen functional groups attached to an aromatic ring is 1. The molecule has 3 rings (SSSR count). The highest BCUT2D eigenvalue weighted by Gasteiger charge is 2.25. The van der Waals surface area contributed by atoms with Crippen LogP contribution in [0.4, 0.5) is 11.4 Å². The Morgan fingerprint density at radius 3 is 2.31 bits per heavy atom. The quantitative estimate of drug-likeness (QED) is 0.655. The summed E-state index contributed by atoms with van der Waals surface area (Å²) in [6.45, 7) is 0. The summed E-state index contributed by atoms with van der Waals surface area (Å²) in [5.74, 6) is -1.17. The largest absolute Gasteiger partial charge is 0.478 e. The van der Waals surface area contributed by atoms with Crippen LogP contribution in [0.1, 0.15) is 34.3 Å². The van der Waals surface area contributed by atoms with E-state index in [1.165, 1.54) is 18.2 Å². The van der Waals surface area contributed by atoms with Gasteiger partial charge in [0.1, 0.15) is 0 Å². The summed E-state index contributed by atoms with van der Waals surface area (Å²) in [5, 5.41) is 9.55. The number of halogens is 2. The molecule has 0 saturated heterocycles. The van der Waals surface area contributed by atoms with E-state index in [1.54, 1.807) is 6.07 Å². The first-order valence-electron chi connectivity index (χ1n) is 7.85. The molecule has 4 N–H and O–H groups in total. The molecule has 0 unspecified atom stereocenters. The Morgan fingerprint density at radius 1 is 1.08 bits per heavy atom. The van der Waals surface area contributed by atoms with Gasteiger partial charge >= 0.3 is 5.97 Å². The Morgan fingerprint density at radius 2 is 1.69 bits per heavy atom. The van der Waals surface area contributed by atoms with Crippen LogP contribution in [-0.4, -0.2) is 19.5 Å². The minimum absolute atomic E-state index is 0.0313. The van der Waals surface area contributed by atoms with Crippen LogP contribution in [0.15, 0.2) is 29.2 Å². The van der Waals surface area contributed by atoms with Gasteiger partial charge in [0.15, 0.2) is 0 Å². The first-order chi connectivity index (χ1) is 12.2. The van der Waals surface area contributed by atoms with Crippen molar-refractivity contribution in [2.24, 2.45) is 0 Å². The van der Waals surface area contributed by atoms with E-state index in [-0.39, 0.29) is 31.9 Å². The van der Waals surface area contributed by atoms with Gasteiger partial charge in [-0.25, -0.2) is 13.2 Å². The Labute approximate surface area is 161 Å². The van der Waals surface area contributed by atoms with E-state index in [0.29, 0.717) is 18.4 Å². The molecule has 9 heteroatoms. The predicted octanol–water partition coefficient (Wildman–Crippen LogP) is 3.95. The smallest absolute Gasteiger partial charge is 0.335 e. The fourth-order valence-electron chi connectivity index (χ4n) is 3.04. The summed E-state index contributed by atoms with van der Waals surface area (Å²) >= 11 is 11.9. The summed E-state index contributed by atoms with van der Waals surface area (Å²) in [4.78, 5) is 11.4. The minimum atomic E-state index is -4.03. The number of carbonyl (C=O) groups is 1. The molecule has 0 saturated carbocycles. The molecule has 0 spiro atoms. The fraction of sp³-hybridized carbons (Fsp3) is 0.235. The summed E-state index contributed by atoms with van der Waals surface area (Å²) in [6, 6.07) is 5.45. The molecule has 0 aliphatic heterocycles. The molecule has 0 atom stereocenters. The van der Waals surface area contributed by atoms with Crippen molar-refractivity contribution < 1.29 is 18.3 Å². The number of hydrogen-bond donors (Lipinski definition) is 3. The normalized spacial score (nSPS) is 13.9. The number of fused-ring (bicyclic) bond motifs is 1. The lowest BCUT2D eigenvalue weighted by atomic mass is 9.90. The van der Waals surface area contributed by atoms with Crippen molar-refractivity contribution in [3.05, 3.63) is 51.0 Å². The molecule has 138 valence electrons. The second kappa shape index (κ2) is 6.98. The van der Waals surface area contributed by atoms with Crippen LogP contribution in [0, 0.1) is 0 Å². The molecule has 6 nitrogen and oxygen atoms in total. The zero-order valence-corrected chi connectivity index (χ0v) is 15.9. The molecule has 0 heterocycles. The zero-order valence-electron chi connectivity index (χ0n) is 13.6. The molecular formula is C17H16Cl2N2O4S. The highest BCUT2D eigenvalue weighted by molar-refractivity contribution is 7.92. The topological polar surface area (TPSA) is 109 Å². The van der Waals surface area contributed by atoms with Gasteiger partial charge in [-0.3, -0.25) is 4.72 Å². The number of nitrogens with two attached hydrogens (primary N) is 1. The van der Waals surface area contributed by atoms with Crippen molar-refractivity contribution in [2.75, 3.05) is 10.5 Å². The van der Waals surface area contributed by atoms with Crippen LogP contribution in [0.5, 0.6) is 0 Å². The van der Waals surface area contributed by atoms with Crippen LogP contribution in [0.25, 0.3) is 0 Å². The average Bonchev–Trinajstić information content (AvgIpc) is 2.58. The summed E-state index contributed by atoms with van der Waals surface area (Å²) in [6.07, 6.45) is 2.97. The number of aryl methyl sites for hydroxylation is 1. The number of anilines is 2. The van der Waals surface area contributed by atoms with Gasteiger partial charge in [-0.1, -0.05) is 23.2 Å². The summed E-state index contributed by atoms with van der Waals surface area (Å²) in [5.41, 5.74) is 7.32. The number of sulfonamides is 1. The lowest BCUT2D eigenvalue weighted by Gasteiger charge is -2.21. The lowest BCUT2D eigenvalue weighted by molar-refractivity contribution is 0.0696. The van der Waals surface area contributed by atoms with Crippen molar-refractivity contribution >= 4 is 50.6 Å². The van der Waals surface area contributed by atoms with Crippen molar-refractivity contribution in [2.45, 2.75) is 30.6 Å². The Balaban J connectivity index is 2.09. The monoisotopic (exact) mass is 414 g/mol. The standard InChI is InChI=1S/C17H16Cl2N2O4S/c18-13-7-11(8-14(19)16(13)20)21-26(24,25)15-6-10(17(22)23)5-9-3-1-2-4-12(9)15/h5-8,21H,1-4,20H2,(H,22,23). The first kappa shape index (κ1) is 18.8. The number of benzene rings is 2. The molecule has 0 bridgehead atoms. The molecule has 0 aromatic heterocycles. The third kappa shape index (κ3) is 3.60. The van der Waals surface area contributed by atoms with E-state index >= 15 is 0 Å². The SMILES string of the molecule is Nc1c(Cl)cc(NS(=O)(=O)c2cc(C(=O)O)cc3c2CCCC3)cc1Cl. The average molecular weight is 415 g/mol. The van der Waals surface area contributed by atoms with Crippen molar-refractivity contribution in [1.82, 2.24) is 0 Å². The second-order valence-corrected chi connectivity index (χ2v) is 8.55. The predicted molar refractivity (Wildman–Crippen MR) is 102 cm³/mol. The van der Waals surface area contributed by atoms with Crippen LogP contribution < -0.4 is 10.5 Å². The van der Waals surface area contributed by atoms with Crippen molar-refractivity contribution in [3.63, 3.8) is 0 Å². The van der Waals surface area contributed by atoms with Gasteiger partial charge in [0, 0.05) is 0 Å². The van der Waals surface area contributed by atoms with E-state index < -0.39 is 16.0 Å². The molecule has 0 radical (unpaired) electrons.